The minimum Gasteiger partial charge on any atom is -0.362 e. The van der Waals surface area contributed by atoms with E-state index < -0.39 is 11.7 Å². The van der Waals surface area contributed by atoms with E-state index in [2.05, 4.69) is 5.32 Å². The fourth-order valence-electron chi connectivity index (χ4n) is 1.03. The quantitative estimate of drug-likeness (QED) is 0.802. The second-order valence-electron chi connectivity index (χ2n) is 3.03. The van der Waals surface area contributed by atoms with Crippen LogP contribution in [0.2, 0.25) is 0 Å². The molecule has 0 atom stereocenters. The van der Waals surface area contributed by atoms with Crippen molar-refractivity contribution in [3.63, 3.8) is 0 Å². The van der Waals surface area contributed by atoms with Crippen LogP contribution in [-0.4, -0.2) is 0 Å². The van der Waals surface area contributed by atoms with Gasteiger partial charge in [-0.1, -0.05) is 13.0 Å². The molecule has 1 rings (SSSR count). The van der Waals surface area contributed by atoms with Crippen LogP contribution in [0, 0.1) is 0 Å². The molecule has 0 saturated heterocycles. The van der Waals surface area contributed by atoms with Gasteiger partial charge in [-0.3, -0.25) is 0 Å². The van der Waals surface area contributed by atoms with Crippen molar-refractivity contribution < 1.29 is 13.2 Å². The third-order valence-electron chi connectivity index (χ3n) is 1.82. The molecule has 0 unspecified atom stereocenters. The molecular weight excluding hydrogens is 203 g/mol. The number of anilines is 1. The van der Waals surface area contributed by atoms with Crippen molar-refractivity contribution in [3.05, 3.63) is 42.1 Å². The highest BCUT2D eigenvalue weighted by atomic mass is 19.4. The normalized spacial score (nSPS) is 12.0. The molecule has 0 aliphatic carbocycles. The Morgan fingerprint density at radius 3 is 2.27 bits per heavy atom. The van der Waals surface area contributed by atoms with Gasteiger partial charge >= 0.3 is 6.18 Å². The summed E-state index contributed by atoms with van der Waals surface area (Å²) in [5.41, 5.74) is 0.0141. The van der Waals surface area contributed by atoms with E-state index in [1.54, 1.807) is 6.20 Å². The Morgan fingerprint density at radius 1 is 1.20 bits per heavy atom. The van der Waals surface area contributed by atoms with Crippen molar-refractivity contribution in [2.45, 2.75) is 19.5 Å². The van der Waals surface area contributed by atoms with Crippen LogP contribution in [-0.2, 0) is 6.18 Å². The van der Waals surface area contributed by atoms with E-state index in [9.17, 15) is 13.2 Å². The molecule has 1 nitrogen and oxygen atoms in total. The monoisotopic (exact) mass is 215 g/mol. The van der Waals surface area contributed by atoms with Crippen molar-refractivity contribution >= 4 is 5.69 Å². The molecule has 0 fully saturated rings. The van der Waals surface area contributed by atoms with E-state index >= 15 is 0 Å². The van der Waals surface area contributed by atoms with E-state index in [0.29, 0.717) is 5.69 Å². The van der Waals surface area contributed by atoms with Gasteiger partial charge in [0.15, 0.2) is 0 Å². The molecule has 0 radical (unpaired) electrons. The smallest absolute Gasteiger partial charge is 0.362 e. The van der Waals surface area contributed by atoms with Crippen molar-refractivity contribution in [2.75, 3.05) is 5.32 Å². The Labute approximate surface area is 86.6 Å². The molecule has 0 bridgehead atoms. The van der Waals surface area contributed by atoms with Crippen LogP contribution in [0.15, 0.2) is 36.5 Å². The molecule has 15 heavy (non-hydrogen) atoms. The fraction of sp³-hybridized carbons (Fsp3) is 0.273. The largest absolute Gasteiger partial charge is 0.416 e. The predicted molar refractivity (Wildman–Crippen MR) is 54.5 cm³/mol. The highest BCUT2D eigenvalue weighted by Gasteiger charge is 2.29. The molecular formula is C11H12F3N. The van der Waals surface area contributed by atoms with Crippen LogP contribution in [0.1, 0.15) is 18.9 Å². The van der Waals surface area contributed by atoms with Gasteiger partial charge in [0.05, 0.1) is 5.56 Å². The minimum absolute atomic E-state index is 0.632. The van der Waals surface area contributed by atoms with Crippen molar-refractivity contribution in [1.29, 1.82) is 0 Å². The Balaban J connectivity index is 2.69. The van der Waals surface area contributed by atoms with E-state index in [1.807, 2.05) is 13.0 Å². The summed E-state index contributed by atoms with van der Waals surface area (Å²) in [4.78, 5) is 0. The van der Waals surface area contributed by atoms with Gasteiger partial charge in [0.25, 0.3) is 0 Å². The molecule has 0 heterocycles. The lowest BCUT2D eigenvalue weighted by molar-refractivity contribution is -0.137. The van der Waals surface area contributed by atoms with Crippen molar-refractivity contribution in [3.8, 4) is 0 Å². The van der Waals surface area contributed by atoms with Crippen molar-refractivity contribution in [1.82, 2.24) is 0 Å². The van der Waals surface area contributed by atoms with Crippen LogP contribution in [0.5, 0.6) is 0 Å². The van der Waals surface area contributed by atoms with Gasteiger partial charge in [-0.25, -0.2) is 0 Å². The van der Waals surface area contributed by atoms with Gasteiger partial charge < -0.3 is 5.32 Å². The average Bonchev–Trinajstić information content (AvgIpc) is 2.18. The van der Waals surface area contributed by atoms with Gasteiger partial charge in [0, 0.05) is 5.69 Å². The number of halogens is 3. The average molecular weight is 215 g/mol. The summed E-state index contributed by atoms with van der Waals surface area (Å²) in [6.45, 7) is 1.98. The Morgan fingerprint density at radius 2 is 1.80 bits per heavy atom. The van der Waals surface area contributed by atoms with E-state index in [4.69, 9.17) is 0 Å². The summed E-state index contributed by atoms with van der Waals surface area (Å²) in [5, 5.41) is 2.88. The highest BCUT2D eigenvalue weighted by Crippen LogP contribution is 2.29. The third-order valence-corrected chi connectivity index (χ3v) is 1.82. The lowest BCUT2D eigenvalue weighted by Gasteiger charge is -2.07. The first-order valence-corrected chi connectivity index (χ1v) is 4.63. The molecule has 4 heteroatoms. The van der Waals surface area contributed by atoms with Crippen molar-refractivity contribution in [2.24, 2.45) is 0 Å². The standard InChI is InChI=1S/C11H12F3N/c1-2-3-8-15-10-6-4-9(5-7-10)11(12,13)14/h3-8,15H,2H2,1H3. The maximum absolute atomic E-state index is 12.2. The second kappa shape index (κ2) is 4.87. The zero-order valence-electron chi connectivity index (χ0n) is 8.31. The van der Waals surface area contributed by atoms with Gasteiger partial charge in [-0.05, 0) is 36.9 Å². The second-order valence-corrected chi connectivity index (χ2v) is 3.03. The molecule has 1 N–H and O–H groups in total. The van der Waals surface area contributed by atoms with Gasteiger partial charge in [0.1, 0.15) is 0 Å². The first-order valence-electron chi connectivity index (χ1n) is 4.63. The third kappa shape index (κ3) is 3.65. The van der Waals surface area contributed by atoms with E-state index in [-0.39, 0.29) is 0 Å². The van der Waals surface area contributed by atoms with Crippen LogP contribution in [0.25, 0.3) is 0 Å². The Kier molecular flexibility index (Phi) is 3.77. The molecule has 0 saturated carbocycles. The van der Waals surface area contributed by atoms with E-state index in [0.717, 1.165) is 18.6 Å². The zero-order valence-corrected chi connectivity index (χ0v) is 8.31. The molecule has 0 spiro atoms. The summed E-state index contributed by atoms with van der Waals surface area (Å²) in [5.74, 6) is 0. The number of hydrogen-bond donors (Lipinski definition) is 1. The maximum Gasteiger partial charge on any atom is 0.416 e. The van der Waals surface area contributed by atoms with Gasteiger partial charge in [-0.2, -0.15) is 13.2 Å². The lowest BCUT2D eigenvalue weighted by atomic mass is 10.2. The molecule has 0 aliphatic rings. The summed E-state index contributed by atoms with van der Waals surface area (Å²) in [6, 6.07) is 4.93. The maximum atomic E-state index is 12.2. The molecule has 1 aromatic rings. The highest BCUT2D eigenvalue weighted by molar-refractivity contribution is 5.47. The number of hydrogen-bond acceptors (Lipinski definition) is 1. The summed E-state index contributed by atoms with van der Waals surface area (Å²) < 4.78 is 36.6. The van der Waals surface area contributed by atoms with Crippen LogP contribution >= 0.6 is 0 Å². The SMILES string of the molecule is CCC=CNc1ccc(C(F)(F)F)cc1. The first-order chi connectivity index (χ1) is 7.04. The van der Waals surface area contributed by atoms with Gasteiger partial charge in [0.2, 0.25) is 0 Å². The number of rotatable bonds is 3. The van der Waals surface area contributed by atoms with Crippen LogP contribution in [0.3, 0.4) is 0 Å². The first kappa shape index (κ1) is 11.6. The number of nitrogens with one attached hydrogen (secondary N) is 1. The van der Waals surface area contributed by atoms with Crippen LogP contribution in [0.4, 0.5) is 18.9 Å². The number of allylic oxidation sites excluding steroid dienone is 1. The molecule has 0 aliphatic heterocycles. The fourth-order valence-corrected chi connectivity index (χ4v) is 1.03. The molecule has 0 aromatic heterocycles. The predicted octanol–water partition coefficient (Wildman–Crippen LogP) is 4.04. The van der Waals surface area contributed by atoms with Gasteiger partial charge in [-0.15, -0.1) is 0 Å². The summed E-state index contributed by atoms with van der Waals surface area (Å²) in [6.07, 6.45) is 0.214. The molecule has 0 amide bonds. The van der Waals surface area contributed by atoms with E-state index in [1.165, 1.54) is 12.1 Å². The lowest BCUT2D eigenvalue weighted by Crippen LogP contribution is -2.04. The topological polar surface area (TPSA) is 12.0 Å². The summed E-state index contributed by atoms with van der Waals surface area (Å²) >= 11 is 0. The number of benzene rings is 1. The Hall–Kier alpha value is -1.45. The summed E-state index contributed by atoms with van der Waals surface area (Å²) in [7, 11) is 0. The molecule has 1 aromatic carbocycles. The zero-order chi connectivity index (χ0) is 11.3. The molecule has 82 valence electrons. The minimum atomic E-state index is -4.27. The number of alkyl halides is 3. The van der Waals surface area contributed by atoms with Crippen LogP contribution < -0.4 is 5.32 Å². The Bertz CT molecular complexity index is 325.